The summed E-state index contributed by atoms with van der Waals surface area (Å²) >= 11 is 0. The van der Waals surface area contributed by atoms with Crippen LogP contribution in [0, 0.1) is 5.92 Å². The van der Waals surface area contributed by atoms with E-state index in [1.165, 1.54) is 4.90 Å². The van der Waals surface area contributed by atoms with E-state index in [4.69, 9.17) is 5.73 Å². The molecule has 0 aliphatic heterocycles. The molecule has 0 saturated heterocycles. The van der Waals surface area contributed by atoms with E-state index in [1.807, 2.05) is 30.5 Å². The third-order valence-electron chi connectivity index (χ3n) is 4.05. The van der Waals surface area contributed by atoms with Crippen molar-refractivity contribution >= 4 is 22.7 Å². The summed E-state index contributed by atoms with van der Waals surface area (Å²) in [7, 11) is 3.26. The number of carbonyl (C=O) groups excluding carboxylic acids is 2. The van der Waals surface area contributed by atoms with Crippen molar-refractivity contribution < 1.29 is 9.59 Å². The van der Waals surface area contributed by atoms with Gasteiger partial charge in [-0.3, -0.25) is 9.59 Å². The standard InChI is InChI=1S/C17H24N4O2/c1-11(16(22)19-2)10-21(3)17(23)14(18)8-12-9-20-15-7-5-4-6-13(12)15/h4-7,9,11,14,20H,8,10,18H2,1-3H3,(H,19,22)/t11?,14-/m0/s1. The third-order valence-corrected chi connectivity index (χ3v) is 4.05. The smallest absolute Gasteiger partial charge is 0.239 e. The topological polar surface area (TPSA) is 91.2 Å². The van der Waals surface area contributed by atoms with Crippen LogP contribution in [0.25, 0.3) is 10.9 Å². The zero-order chi connectivity index (χ0) is 17.0. The quantitative estimate of drug-likeness (QED) is 0.739. The summed E-state index contributed by atoms with van der Waals surface area (Å²) in [5.41, 5.74) is 8.13. The van der Waals surface area contributed by atoms with Crippen LogP contribution in [-0.4, -0.2) is 48.4 Å². The normalized spacial score (nSPS) is 13.6. The van der Waals surface area contributed by atoms with Gasteiger partial charge in [0.2, 0.25) is 11.8 Å². The molecule has 2 aromatic rings. The number of aromatic amines is 1. The summed E-state index contributed by atoms with van der Waals surface area (Å²) in [5.74, 6) is -0.518. The van der Waals surface area contributed by atoms with Gasteiger partial charge in [-0.15, -0.1) is 0 Å². The predicted octanol–water partition coefficient (Wildman–Crippen LogP) is 0.878. The summed E-state index contributed by atoms with van der Waals surface area (Å²) in [6.45, 7) is 2.13. The predicted molar refractivity (Wildman–Crippen MR) is 90.8 cm³/mol. The molecule has 2 atom stereocenters. The summed E-state index contributed by atoms with van der Waals surface area (Å²) in [4.78, 5) is 28.7. The number of nitrogens with zero attached hydrogens (tertiary/aromatic N) is 1. The number of carbonyl (C=O) groups is 2. The van der Waals surface area contributed by atoms with Gasteiger partial charge in [-0.25, -0.2) is 0 Å². The second-order valence-electron chi connectivity index (χ2n) is 5.90. The zero-order valence-electron chi connectivity index (χ0n) is 13.8. The SMILES string of the molecule is CNC(=O)C(C)CN(C)C(=O)[C@@H](N)Cc1c[nH]c2ccccc12. The van der Waals surface area contributed by atoms with E-state index in [1.54, 1.807) is 21.0 Å². The fourth-order valence-corrected chi connectivity index (χ4v) is 2.74. The van der Waals surface area contributed by atoms with Crippen LogP contribution < -0.4 is 11.1 Å². The average Bonchev–Trinajstić information content (AvgIpc) is 2.96. The first-order valence-electron chi connectivity index (χ1n) is 7.71. The van der Waals surface area contributed by atoms with E-state index in [2.05, 4.69) is 10.3 Å². The number of para-hydroxylation sites is 1. The Labute approximate surface area is 136 Å². The highest BCUT2D eigenvalue weighted by atomic mass is 16.2. The van der Waals surface area contributed by atoms with Gasteiger partial charge in [0, 0.05) is 37.7 Å². The lowest BCUT2D eigenvalue weighted by Gasteiger charge is -2.23. The lowest BCUT2D eigenvalue weighted by Crippen LogP contribution is -2.46. The van der Waals surface area contributed by atoms with Crippen LogP contribution >= 0.6 is 0 Å². The molecule has 1 aromatic heterocycles. The van der Waals surface area contributed by atoms with Crippen molar-refractivity contribution in [2.45, 2.75) is 19.4 Å². The molecule has 0 spiro atoms. The van der Waals surface area contributed by atoms with Crippen molar-refractivity contribution in [1.82, 2.24) is 15.2 Å². The molecule has 0 aliphatic rings. The number of hydrogen-bond donors (Lipinski definition) is 3. The molecular formula is C17H24N4O2. The highest BCUT2D eigenvalue weighted by Gasteiger charge is 2.22. The molecule has 2 amide bonds. The summed E-state index contributed by atoms with van der Waals surface area (Å²) in [6, 6.07) is 7.29. The highest BCUT2D eigenvalue weighted by Crippen LogP contribution is 2.19. The second kappa shape index (κ2) is 7.28. The first-order valence-corrected chi connectivity index (χ1v) is 7.71. The van der Waals surface area contributed by atoms with E-state index in [-0.39, 0.29) is 17.7 Å². The van der Waals surface area contributed by atoms with Gasteiger partial charge in [0.1, 0.15) is 0 Å². The minimum Gasteiger partial charge on any atom is -0.361 e. The van der Waals surface area contributed by atoms with Gasteiger partial charge in [0.25, 0.3) is 0 Å². The van der Waals surface area contributed by atoms with Crippen LogP contribution in [0.5, 0.6) is 0 Å². The minimum atomic E-state index is -0.629. The Balaban J connectivity index is 2.00. The van der Waals surface area contributed by atoms with Gasteiger partial charge in [0.05, 0.1) is 12.0 Å². The molecule has 0 fully saturated rings. The molecule has 0 radical (unpaired) electrons. The molecule has 0 aliphatic carbocycles. The summed E-state index contributed by atoms with van der Waals surface area (Å²) in [5, 5.41) is 3.66. The van der Waals surface area contributed by atoms with E-state index in [0.29, 0.717) is 13.0 Å². The number of aromatic nitrogens is 1. The number of nitrogens with one attached hydrogen (secondary N) is 2. The average molecular weight is 316 g/mol. The molecule has 124 valence electrons. The van der Waals surface area contributed by atoms with Crippen LogP contribution in [0.2, 0.25) is 0 Å². The summed E-state index contributed by atoms with van der Waals surface area (Å²) in [6.07, 6.45) is 2.35. The first kappa shape index (κ1) is 17.0. The molecule has 2 rings (SSSR count). The van der Waals surface area contributed by atoms with Crippen LogP contribution in [-0.2, 0) is 16.0 Å². The molecule has 0 saturated carbocycles. The first-order chi connectivity index (χ1) is 10.9. The maximum absolute atomic E-state index is 12.4. The number of fused-ring (bicyclic) bond motifs is 1. The van der Waals surface area contributed by atoms with Crippen LogP contribution in [0.1, 0.15) is 12.5 Å². The Morgan fingerprint density at radius 2 is 2.04 bits per heavy atom. The number of rotatable bonds is 6. The molecule has 1 aromatic carbocycles. The van der Waals surface area contributed by atoms with Gasteiger partial charge in [-0.2, -0.15) is 0 Å². The monoisotopic (exact) mass is 316 g/mol. The van der Waals surface area contributed by atoms with Crippen LogP contribution in [0.15, 0.2) is 30.5 Å². The number of H-pyrrole nitrogens is 1. The summed E-state index contributed by atoms with van der Waals surface area (Å²) < 4.78 is 0. The van der Waals surface area contributed by atoms with Crippen molar-refractivity contribution in [3.05, 3.63) is 36.0 Å². The Morgan fingerprint density at radius 3 is 2.74 bits per heavy atom. The second-order valence-corrected chi connectivity index (χ2v) is 5.90. The molecule has 0 bridgehead atoms. The third kappa shape index (κ3) is 3.90. The minimum absolute atomic E-state index is 0.0881. The number of benzene rings is 1. The molecule has 23 heavy (non-hydrogen) atoms. The van der Waals surface area contributed by atoms with Crippen molar-refractivity contribution in [2.24, 2.45) is 11.7 Å². The van der Waals surface area contributed by atoms with Crippen molar-refractivity contribution in [3.63, 3.8) is 0 Å². The van der Waals surface area contributed by atoms with E-state index in [0.717, 1.165) is 16.5 Å². The Bertz CT molecular complexity index is 695. The lowest BCUT2D eigenvalue weighted by molar-refractivity contribution is -0.133. The number of nitrogens with two attached hydrogens (primary N) is 1. The molecule has 4 N–H and O–H groups in total. The van der Waals surface area contributed by atoms with Gasteiger partial charge in [0.15, 0.2) is 0 Å². The number of hydrogen-bond acceptors (Lipinski definition) is 3. The molecule has 1 heterocycles. The van der Waals surface area contributed by atoms with E-state index >= 15 is 0 Å². The molecule has 6 nitrogen and oxygen atoms in total. The maximum atomic E-state index is 12.4. The Kier molecular flexibility index (Phi) is 5.39. The number of amides is 2. The van der Waals surface area contributed by atoms with Crippen LogP contribution in [0.3, 0.4) is 0 Å². The zero-order valence-corrected chi connectivity index (χ0v) is 13.8. The molecular weight excluding hydrogens is 292 g/mol. The Morgan fingerprint density at radius 1 is 1.35 bits per heavy atom. The van der Waals surface area contributed by atoms with E-state index < -0.39 is 6.04 Å². The van der Waals surface area contributed by atoms with Crippen molar-refractivity contribution in [2.75, 3.05) is 20.6 Å². The molecule has 1 unspecified atom stereocenters. The van der Waals surface area contributed by atoms with Gasteiger partial charge >= 0.3 is 0 Å². The van der Waals surface area contributed by atoms with Gasteiger partial charge < -0.3 is 20.9 Å². The number of likely N-dealkylation sites (N-methyl/N-ethyl adjacent to an activating group) is 1. The maximum Gasteiger partial charge on any atom is 0.239 e. The fourth-order valence-electron chi connectivity index (χ4n) is 2.74. The fraction of sp³-hybridized carbons (Fsp3) is 0.412. The molecule has 6 heteroatoms. The van der Waals surface area contributed by atoms with Gasteiger partial charge in [-0.1, -0.05) is 25.1 Å². The lowest BCUT2D eigenvalue weighted by atomic mass is 10.0. The van der Waals surface area contributed by atoms with Crippen molar-refractivity contribution in [3.8, 4) is 0 Å². The highest BCUT2D eigenvalue weighted by molar-refractivity contribution is 5.86. The Hall–Kier alpha value is -2.34. The van der Waals surface area contributed by atoms with E-state index in [9.17, 15) is 9.59 Å². The van der Waals surface area contributed by atoms with Gasteiger partial charge in [-0.05, 0) is 18.1 Å². The van der Waals surface area contributed by atoms with Crippen molar-refractivity contribution in [1.29, 1.82) is 0 Å². The largest absolute Gasteiger partial charge is 0.361 e. The van der Waals surface area contributed by atoms with Crippen LogP contribution in [0.4, 0.5) is 0 Å².